The first-order valence-corrected chi connectivity index (χ1v) is 10.4. The number of aromatic nitrogens is 1. The van der Waals surface area contributed by atoms with E-state index in [1.54, 1.807) is 36.4 Å². The summed E-state index contributed by atoms with van der Waals surface area (Å²) >= 11 is 19.5. The zero-order chi connectivity index (χ0) is 20.4. The van der Waals surface area contributed by atoms with Crippen LogP contribution in [0, 0.1) is 11.3 Å². The minimum atomic E-state index is 0.415. The third-order valence-electron chi connectivity index (χ3n) is 4.10. The summed E-state index contributed by atoms with van der Waals surface area (Å²) in [5, 5.41) is 13.8. The van der Waals surface area contributed by atoms with E-state index in [1.807, 2.05) is 29.6 Å². The van der Waals surface area contributed by atoms with Crippen LogP contribution in [-0.2, 0) is 0 Å². The number of thiazole rings is 1. The Hall–Kier alpha value is -2.55. The van der Waals surface area contributed by atoms with Gasteiger partial charge >= 0.3 is 0 Å². The molecular formula is C22H11Cl3N2OS. The molecule has 0 atom stereocenters. The summed E-state index contributed by atoms with van der Waals surface area (Å²) in [7, 11) is 0. The smallest absolute Gasteiger partial charge is 0.136 e. The lowest BCUT2D eigenvalue weighted by Crippen LogP contribution is -1.82. The maximum absolute atomic E-state index is 9.61. The third kappa shape index (κ3) is 4.39. The fourth-order valence-electron chi connectivity index (χ4n) is 2.70. The quantitative estimate of drug-likeness (QED) is 0.291. The largest absolute Gasteiger partial charge is 0.457 e. The molecule has 4 rings (SSSR count). The van der Waals surface area contributed by atoms with E-state index in [4.69, 9.17) is 39.2 Å². The molecule has 0 saturated carbocycles. The van der Waals surface area contributed by atoms with Gasteiger partial charge in [-0.3, -0.25) is 0 Å². The van der Waals surface area contributed by atoms with Gasteiger partial charge in [0, 0.05) is 32.6 Å². The minimum Gasteiger partial charge on any atom is -0.457 e. The number of nitrogens with zero attached hydrogens (tertiary/aromatic N) is 2. The Bertz CT molecular complexity index is 1250. The normalized spacial score (nSPS) is 11.4. The molecule has 0 unspecified atom stereocenters. The van der Waals surface area contributed by atoms with Crippen LogP contribution in [0.5, 0.6) is 0 Å². The van der Waals surface area contributed by atoms with Gasteiger partial charge in [-0.15, -0.1) is 11.3 Å². The Labute approximate surface area is 186 Å². The van der Waals surface area contributed by atoms with Crippen molar-refractivity contribution in [2.45, 2.75) is 0 Å². The zero-order valence-electron chi connectivity index (χ0n) is 14.7. The van der Waals surface area contributed by atoms with Gasteiger partial charge in [0.15, 0.2) is 0 Å². The molecule has 3 nitrogen and oxygen atoms in total. The Morgan fingerprint density at radius 2 is 1.76 bits per heavy atom. The minimum absolute atomic E-state index is 0.415. The highest BCUT2D eigenvalue weighted by atomic mass is 35.5. The topological polar surface area (TPSA) is 49.8 Å². The summed E-state index contributed by atoms with van der Waals surface area (Å²) in [4.78, 5) is 4.57. The molecule has 7 heteroatoms. The Morgan fingerprint density at radius 3 is 2.48 bits per heavy atom. The molecule has 0 bridgehead atoms. The number of halogens is 3. The Balaban J connectivity index is 1.63. The molecule has 142 valence electrons. The van der Waals surface area contributed by atoms with Gasteiger partial charge in [-0.1, -0.05) is 46.9 Å². The molecule has 0 spiro atoms. The summed E-state index contributed by atoms with van der Waals surface area (Å²) in [6, 6.07) is 18.4. The van der Waals surface area contributed by atoms with Gasteiger partial charge in [0.1, 0.15) is 22.6 Å². The van der Waals surface area contributed by atoms with Crippen LogP contribution in [0.3, 0.4) is 0 Å². The van der Waals surface area contributed by atoms with Gasteiger partial charge < -0.3 is 4.42 Å². The Morgan fingerprint density at radius 1 is 1.00 bits per heavy atom. The first-order chi connectivity index (χ1) is 14.0. The van der Waals surface area contributed by atoms with E-state index >= 15 is 0 Å². The number of allylic oxidation sites excluding steroid dienone is 1. The van der Waals surface area contributed by atoms with Gasteiger partial charge in [-0.2, -0.15) is 5.26 Å². The van der Waals surface area contributed by atoms with Crippen molar-refractivity contribution in [3.63, 3.8) is 0 Å². The summed E-state index contributed by atoms with van der Waals surface area (Å²) in [5.74, 6) is 1.13. The molecule has 0 amide bonds. The lowest BCUT2D eigenvalue weighted by molar-refractivity contribution is 0.572. The van der Waals surface area contributed by atoms with Crippen LogP contribution >= 0.6 is 46.1 Å². The van der Waals surface area contributed by atoms with Crippen molar-refractivity contribution in [3.8, 4) is 28.7 Å². The summed E-state index contributed by atoms with van der Waals surface area (Å²) in [6.45, 7) is 0. The molecule has 2 heterocycles. The van der Waals surface area contributed by atoms with Crippen molar-refractivity contribution in [1.29, 1.82) is 5.26 Å². The number of benzene rings is 2. The third-order valence-corrected chi connectivity index (χ3v) is 5.78. The average molecular weight is 458 g/mol. The molecule has 2 aromatic heterocycles. The van der Waals surface area contributed by atoms with E-state index < -0.39 is 0 Å². The SMILES string of the molecule is N#C/C(=C\c1ccc(-c2ccc(Cl)cc2Cl)o1)c1nc(-c2ccc(Cl)cc2)cs1. The molecular weight excluding hydrogens is 447 g/mol. The predicted octanol–water partition coefficient (Wildman–Crippen LogP) is 8.09. The van der Waals surface area contributed by atoms with Crippen LogP contribution in [0.2, 0.25) is 15.1 Å². The molecule has 0 aliphatic heterocycles. The molecule has 0 saturated heterocycles. The van der Waals surface area contributed by atoms with Crippen molar-refractivity contribution in [2.75, 3.05) is 0 Å². The average Bonchev–Trinajstić information content (AvgIpc) is 3.36. The van der Waals surface area contributed by atoms with Gasteiger partial charge in [-0.25, -0.2) is 4.98 Å². The highest BCUT2D eigenvalue weighted by Crippen LogP contribution is 2.33. The fourth-order valence-corrected chi connectivity index (χ4v) is 4.12. The van der Waals surface area contributed by atoms with Crippen molar-refractivity contribution in [3.05, 3.63) is 85.8 Å². The molecule has 4 aromatic rings. The van der Waals surface area contributed by atoms with Gasteiger partial charge in [-0.05, 0) is 42.5 Å². The summed E-state index contributed by atoms with van der Waals surface area (Å²) < 4.78 is 5.86. The van der Waals surface area contributed by atoms with Crippen LogP contribution in [0.15, 0.2) is 64.4 Å². The van der Waals surface area contributed by atoms with E-state index in [0.717, 1.165) is 16.8 Å². The molecule has 0 radical (unpaired) electrons. The first kappa shape index (κ1) is 19.8. The molecule has 29 heavy (non-hydrogen) atoms. The first-order valence-electron chi connectivity index (χ1n) is 8.42. The lowest BCUT2D eigenvalue weighted by Gasteiger charge is -2.01. The van der Waals surface area contributed by atoms with Crippen molar-refractivity contribution in [2.24, 2.45) is 0 Å². The van der Waals surface area contributed by atoms with Crippen LogP contribution in [0.4, 0.5) is 0 Å². The van der Waals surface area contributed by atoms with Crippen LogP contribution in [0.25, 0.3) is 34.2 Å². The van der Waals surface area contributed by atoms with Gasteiger partial charge in [0.25, 0.3) is 0 Å². The number of nitriles is 1. The maximum Gasteiger partial charge on any atom is 0.136 e. The van der Waals surface area contributed by atoms with E-state index in [2.05, 4.69) is 11.1 Å². The van der Waals surface area contributed by atoms with Gasteiger partial charge in [0.2, 0.25) is 0 Å². The number of rotatable bonds is 4. The van der Waals surface area contributed by atoms with Crippen molar-refractivity contribution >= 4 is 57.8 Å². The zero-order valence-corrected chi connectivity index (χ0v) is 17.8. The number of furan rings is 1. The summed E-state index contributed by atoms with van der Waals surface area (Å²) in [5.41, 5.74) is 2.87. The summed E-state index contributed by atoms with van der Waals surface area (Å²) in [6.07, 6.45) is 1.66. The van der Waals surface area contributed by atoms with E-state index in [1.165, 1.54) is 11.3 Å². The van der Waals surface area contributed by atoms with Crippen molar-refractivity contribution in [1.82, 2.24) is 4.98 Å². The molecule has 0 aliphatic carbocycles. The van der Waals surface area contributed by atoms with Crippen LogP contribution in [-0.4, -0.2) is 4.98 Å². The second-order valence-electron chi connectivity index (χ2n) is 6.04. The Kier molecular flexibility index (Phi) is 5.75. The predicted molar refractivity (Wildman–Crippen MR) is 120 cm³/mol. The van der Waals surface area contributed by atoms with E-state index in [-0.39, 0.29) is 0 Å². The highest BCUT2D eigenvalue weighted by molar-refractivity contribution is 7.11. The fraction of sp³-hybridized carbons (Fsp3) is 0. The maximum atomic E-state index is 9.61. The van der Waals surface area contributed by atoms with Gasteiger partial charge in [0.05, 0.1) is 16.3 Å². The lowest BCUT2D eigenvalue weighted by atomic mass is 10.2. The van der Waals surface area contributed by atoms with E-state index in [0.29, 0.717) is 37.2 Å². The van der Waals surface area contributed by atoms with Crippen LogP contribution in [0.1, 0.15) is 10.8 Å². The second kappa shape index (κ2) is 8.44. The van der Waals surface area contributed by atoms with E-state index in [9.17, 15) is 5.26 Å². The van der Waals surface area contributed by atoms with Crippen molar-refractivity contribution < 1.29 is 4.42 Å². The molecule has 0 N–H and O–H groups in total. The monoisotopic (exact) mass is 456 g/mol. The highest BCUT2D eigenvalue weighted by Gasteiger charge is 2.12. The standard InChI is InChI=1S/C22H11Cl3N2OS/c23-15-3-1-13(2-4-15)20-12-29-22(27-20)14(11-26)9-17-6-8-21(28-17)18-7-5-16(24)10-19(18)25/h1-10,12H/b14-9+. The van der Waals surface area contributed by atoms with Crippen LogP contribution < -0.4 is 0 Å². The molecule has 2 aromatic carbocycles. The second-order valence-corrected chi connectivity index (χ2v) is 8.18. The molecule has 0 fully saturated rings. The number of hydrogen-bond acceptors (Lipinski definition) is 4. The molecule has 0 aliphatic rings. The number of hydrogen-bond donors (Lipinski definition) is 0.